The topological polar surface area (TPSA) is 109 Å². The van der Waals surface area contributed by atoms with Gasteiger partial charge >= 0.3 is 29.6 Å². The second kappa shape index (κ2) is 12.7. The number of nitrogens with zero attached hydrogens (tertiary/aromatic N) is 2. The van der Waals surface area contributed by atoms with Crippen LogP contribution >= 0.6 is 11.6 Å². The van der Waals surface area contributed by atoms with Crippen LogP contribution in [0.1, 0.15) is 91.5 Å². The van der Waals surface area contributed by atoms with Crippen LogP contribution in [0.3, 0.4) is 0 Å². The molecule has 7 nitrogen and oxygen atoms in total. The number of rotatable bonds is 12. The first-order chi connectivity index (χ1) is 17.1. The van der Waals surface area contributed by atoms with Crippen molar-refractivity contribution in [1.82, 2.24) is 10.3 Å². The first-order valence-corrected chi connectivity index (χ1v) is 12.9. The van der Waals surface area contributed by atoms with Gasteiger partial charge in [0.25, 0.3) is 0 Å². The van der Waals surface area contributed by atoms with Crippen molar-refractivity contribution in [3.63, 3.8) is 0 Å². The number of aryl methyl sites for hydroxylation is 1. The fourth-order valence-corrected chi connectivity index (χ4v) is 4.97. The third-order valence-electron chi connectivity index (χ3n) is 6.72. The summed E-state index contributed by atoms with van der Waals surface area (Å²) >= 11 is 6.34. The third-order valence-corrected chi connectivity index (χ3v) is 7.08. The summed E-state index contributed by atoms with van der Waals surface area (Å²) in [4.78, 5) is 24.4. The van der Waals surface area contributed by atoms with Crippen LogP contribution in [0.15, 0.2) is 27.2 Å². The van der Waals surface area contributed by atoms with Crippen LogP contribution in [0.5, 0.6) is 0 Å². The van der Waals surface area contributed by atoms with Gasteiger partial charge in [-0.2, -0.15) is 0 Å². The smallest absolute Gasteiger partial charge is 0.550 e. The van der Waals surface area contributed by atoms with E-state index in [2.05, 4.69) is 24.2 Å². The molecule has 4 rings (SSSR count). The number of carboxylic acid groups (broad SMARTS) is 1. The number of halogens is 1. The van der Waals surface area contributed by atoms with E-state index in [1.54, 1.807) is 0 Å². The molecule has 1 aromatic carbocycles. The quantitative estimate of drug-likeness (QED) is 0.328. The number of ketones is 1. The van der Waals surface area contributed by atoms with Gasteiger partial charge in [-0.05, 0) is 68.6 Å². The molecule has 0 amide bonds. The van der Waals surface area contributed by atoms with Crippen molar-refractivity contribution in [2.45, 2.75) is 84.5 Å². The average Bonchev–Trinajstić information content (AvgIpc) is 3.46. The van der Waals surface area contributed by atoms with Crippen molar-refractivity contribution in [2.24, 2.45) is 5.92 Å². The minimum Gasteiger partial charge on any atom is -0.550 e. The van der Waals surface area contributed by atoms with E-state index in [1.165, 1.54) is 0 Å². The second-order valence-corrected chi connectivity index (χ2v) is 10.8. The molecule has 1 fully saturated rings. The maximum Gasteiger partial charge on any atom is 1.00 e. The zero-order chi connectivity index (χ0) is 26.0. The van der Waals surface area contributed by atoms with Crippen LogP contribution in [0.25, 0.3) is 11.5 Å². The summed E-state index contributed by atoms with van der Waals surface area (Å²) in [6, 6.07) is 5.61. The van der Waals surface area contributed by atoms with E-state index >= 15 is 0 Å². The molecule has 0 unspecified atom stereocenters. The number of hydrogen-bond donors (Lipinski definition) is 0. The standard InChI is InChI=1S/C28H33ClN2O5.Na/c1-15(2)11-23-17(4)26(30-35-23)28-25(18-7-8-18)27(31-36-28)20(9-10-24(33)34)14-21(32)13-19-6-5-16(3)12-22(19)29;/h5-6,12,15,18,20H,7-11,13-14H2,1-4H3,(H,33,34);/q;+1/p-1/t20-;/m0./s1. The number of benzene rings is 1. The summed E-state index contributed by atoms with van der Waals surface area (Å²) in [5, 5.41) is 20.5. The predicted octanol–water partition coefficient (Wildman–Crippen LogP) is 2.50. The molecule has 192 valence electrons. The van der Waals surface area contributed by atoms with Gasteiger partial charge in [-0.3, -0.25) is 4.79 Å². The van der Waals surface area contributed by atoms with Gasteiger partial charge in [0.2, 0.25) is 0 Å². The molecule has 1 aliphatic carbocycles. The molecule has 2 heterocycles. The first kappa shape index (κ1) is 29.6. The van der Waals surface area contributed by atoms with E-state index in [4.69, 9.17) is 20.6 Å². The second-order valence-electron chi connectivity index (χ2n) is 10.4. The van der Waals surface area contributed by atoms with Gasteiger partial charge in [0, 0.05) is 47.3 Å². The van der Waals surface area contributed by atoms with Crippen molar-refractivity contribution in [1.29, 1.82) is 0 Å². The molecule has 9 heteroatoms. The maximum atomic E-state index is 13.1. The molecule has 37 heavy (non-hydrogen) atoms. The van der Waals surface area contributed by atoms with Crippen LogP contribution in [-0.2, 0) is 22.4 Å². The molecule has 0 N–H and O–H groups in total. The number of aromatic nitrogens is 2. The van der Waals surface area contributed by atoms with Gasteiger partial charge < -0.3 is 18.9 Å². The van der Waals surface area contributed by atoms with Gasteiger partial charge in [-0.25, -0.2) is 0 Å². The Kier molecular flexibility index (Phi) is 10.2. The van der Waals surface area contributed by atoms with Crippen LogP contribution in [0.4, 0.5) is 0 Å². The van der Waals surface area contributed by atoms with E-state index in [0.29, 0.717) is 28.1 Å². The Bertz CT molecular complexity index is 1260. The summed E-state index contributed by atoms with van der Waals surface area (Å²) < 4.78 is 11.5. The molecule has 0 saturated heterocycles. The zero-order valence-corrected chi connectivity index (χ0v) is 25.0. The molecule has 1 atom stereocenters. The largest absolute Gasteiger partial charge is 1.00 e. The normalized spacial score (nSPS) is 14.0. The number of carboxylic acids is 1. The Labute approximate surface area is 244 Å². The fourth-order valence-electron chi connectivity index (χ4n) is 4.67. The Morgan fingerprint density at radius 2 is 1.89 bits per heavy atom. The third kappa shape index (κ3) is 7.34. The van der Waals surface area contributed by atoms with Crippen LogP contribution < -0.4 is 34.7 Å². The Balaban J connectivity index is 0.00000380. The number of carbonyl (C=O) groups is 2. The Morgan fingerprint density at radius 1 is 1.16 bits per heavy atom. The first-order valence-electron chi connectivity index (χ1n) is 12.6. The molecular formula is C28H32ClN2NaO5. The predicted molar refractivity (Wildman–Crippen MR) is 134 cm³/mol. The SMILES string of the molecule is Cc1ccc(CC(=O)C[C@H](CCC(=O)[O-])c2noc(-c3noc(CC(C)C)c3C)c2C2CC2)c(Cl)c1.[Na+]. The van der Waals surface area contributed by atoms with Crippen molar-refractivity contribution in [3.05, 3.63) is 56.9 Å². The zero-order valence-electron chi connectivity index (χ0n) is 22.2. The summed E-state index contributed by atoms with van der Waals surface area (Å²) in [6.45, 7) is 8.14. The van der Waals surface area contributed by atoms with E-state index in [9.17, 15) is 14.7 Å². The average molecular weight is 535 g/mol. The minimum atomic E-state index is -1.16. The van der Waals surface area contributed by atoms with E-state index in [1.807, 2.05) is 32.0 Å². The van der Waals surface area contributed by atoms with Gasteiger partial charge in [0.1, 0.15) is 11.5 Å². The number of carbonyl (C=O) groups excluding carboxylic acids is 2. The van der Waals surface area contributed by atoms with Gasteiger partial charge in [-0.1, -0.05) is 47.9 Å². The molecule has 0 spiro atoms. The molecule has 0 aliphatic heterocycles. The monoisotopic (exact) mass is 534 g/mol. The Morgan fingerprint density at radius 3 is 2.51 bits per heavy atom. The van der Waals surface area contributed by atoms with Crippen LogP contribution in [-0.4, -0.2) is 22.1 Å². The van der Waals surface area contributed by atoms with Gasteiger partial charge in [-0.15, -0.1) is 0 Å². The molecular weight excluding hydrogens is 503 g/mol. The minimum absolute atomic E-state index is 0. The molecule has 2 aromatic heterocycles. The van der Waals surface area contributed by atoms with Crippen molar-refractivity contribution < 1.29 is 53.3 Å². The van der Waals surface area contributed by atoms with Crippen molar-refractivity contribution >= 4 is 23.4 Å². The fraction of sp³-hybridized carbons (Fsp3) is 0.500. The van der Waals surface area contributed by atoms with E-state index < -0.39 is 11.9 Å². The molecule has 1 saturated carbocycles. The molecule has 0 radical (unpaired) electrons. The summed E-state index contributed by atoms with van der Waals surface area (Å²) in [6.07, 6.45) is 3.11. The van der Waals surface area contributed by atoms with E-state index in [0.717, 1.165) is 47.3 Å². The summed E-state index contributed by atoms with van der Waals surface area (Å²) in [7, 11) is 0. The van der Waals surface area contributed by atoms with E-state index in [-0.39, 0.29) is 66.9 Å². The molecule has 1 aliphatic rings. The Hall–Kier alpha value is -1.93. The summed E-state index contributed by atoms with van der Waals surface area (Å²) in [5.41, 5.74) is 4.89. The maximum absolute atomic E-state index is 13.1. The van der Waals surface area contributed by atoms with Crippen molar-refractivity contribution in [2.75, 3.05) is 0 Å². The number of Topliss-reactive ketones (excluding diaryl/α,β-unsaturated/α-hetero) is 1. The number of hydrogen-bond acceptors (Lipinski definition) is 7. The molecule has 0 bridgehead atoms. The summed E-state index contributed by atoms with van der Waals surface area (Å²) in [5.74, 6) is 0.450. The molecule has 3 aromatic rings. The number of aliphatic carboxylic acids is 1. The van der Waals surface area contributed by atoms with Crippen molar-refractivity contribution in [3.8, 4) is 11.5 Å². The van der Waals surface area contributed by atoms with Gasteiger partial charge in [0.15, 0.2) is 11.5 Å². The van der Waals surface area contributed by atoms with Gasteiger partial charge in [0.05, 0.1) is 5.69 Å². The van der Waals surface area contributed by atoms with Crippen LogP contribution in [0, 0.1) is 19.8 Å². The van der Waals surface area contributed by atoms with Crippen LogP contribution in [0.2, 0.25) is 5.02 Å².